The van der Waals surface area contributed by atoms with E-state index < -0.39 is 23.5 Å². The SMILES string of the molecule is CC/C=C\C/C=C\C/C=C\C/C=C\C/C=C\CC=CCCC(=O)NC(CCCCNC(=O)C1=CC(=O)C(C)(c2ccccc2)O1)C(=O)OC. The number of hydrogen-bond donors (Lipinski definition) is 2. The van der Waals surface area contributed by atoms with Crippen LogP contribution < -0.4 is 10.6 Å². The van der Waals surface area contributed by atoms with Gasteiger partial charge in [0, 0.05) is 24.6 Å². The van der Waals surface area contributed by atoms with Gasteiger partial charge in [0.2, 0.25) is 11.7 Å². The van der Waals surface area contributed by atoms with E-state index in [2.05, 4.69) is 78.3 Å². The molecule has 2 amide bonds. The fourth-order valence-corrected chi connectivity index (χ4v) is 4.90. The number of amides is 2. The molecule has 49 heavy (non-hydrogen) atoms. The molecule has 2 N–H and O–H groups in total. The lowest BCUT2D eigenvalue weighted by Gasteiger charge is -2.24. The number of hydrogen-bond acceptors (Lipinski definition) is 6. The summed E-state index contributed by atoms with van der Waals surface area (Å²) >= 11 is 0. The first-order valence-electron chi connectivity index (χ1n) is 17.4. The molecule has 0 radical (unpaired) electrons. The van der Waals surface area contributed by atoms with Crippen molar-refractivity contribution in [1.29, 1.82) is 0 Å². The van der Waals surface area contributed by atoms with Gasteiger partial charge in [-0.25, -0.2) is 4.79 Å². The summed E-state index contributed by atoms with van der Waals surface area (Å²) in [7, 11) is 1.29. The zero-order valence-corrected chi connectivity index (χ0v) is 29.4. The van der Waals surface area contributed by atoms with E-state index in [1.165, 1.54) is 13.2 Å². The van der Waals surface area contributed by atoms with Gasteiger partial charge in [0.15, 0.2) is 11.4 Å². The first kappa shape index (κ1) is 40.5. The third kappa shape index (κ3) is 16.3. The number of carbonyl (C=O) groups excluding carboxylic acids is 4. The summed E-state index contributed by atoms with van der Waals surface area (Å²) in [6.07, 6.45) is 34.9. The van der Waals surface area contributed by atoms with Crippen LogP contribution in [0.15, 0.2) is 115 Å². The van der Waals surface area contributed by atoms with Crippen LogP contribution in [0.3, 0.4) is 0 Å². The molecule has 264 valence electrons. The summed E-state index contributed by atoms with van der Waals surface area (Å²) in [5.74, 6) is -1.52. The Kier molecular flexibility index (Phi) is 20.2. The van der Waals surface area contributed by atoms with Gasteiger partial charge in [-0.1, -0.05) is 110 Å². The first-order chi connectivity index (χ1) is 23.8. The summed E-state index contributed by atoms with van der Waals surface area (Å²) in [6, 6.07) is 8.28. The summed E-state index contributed by atoms with van der Waals surface area (Å²) in [6.45, 7) is 4.10. The average molecular weight is 671 g/mol. The third-order valence-electron chi connectivity index (χ3n) is 7.76. The molecular weight excluding hydrogens is 616 g/mol. The predicted octanol–water partition coefficient (Wildman–Crippen LogP) is 7.81. The molecule has 0 fully saturated rings. The van der Waals surface area contributed by atoms with Gasteiger partial charge in [-0.3, -0.25) is 14.4 Å². The maximum Gasteiger partial charge on any atom is 0.328 e. The van der Waals surface area contributed by atoms with Crippen LogP contribution >= 0.6 is 0 Å². The molecule has 0 saturated carbocycles. The van der Waals surface area contributed by atoms with Crippen molar-refractivity contribution in [3.8, 4) is 0 Å². The Bertz CT molecular complexity index is 1390. The summed E-state index contributed by atoms with van der Waals surface area (Å²) < 4.78 is 10.6. The number of allylic oxidation sites excluding steroid dienone is 12. The van der Waals surface area contributed by atoms with Gasteiger partial charge >= 0.3 is 5.97 Å². The minimum Gasteiger partial charge on any atom is -0.469 e. The normalized spacial score (nSPS) is 17.1. The number of carbonyl (C=O) groups is 4. The van der Waals surface area contributed by atoms with Crippen LogP contribution in [0.5, 0.6) is 0 Å². The van der Waals surface area contributed by atoms with Gasteiger partial charge in [0.05, 0.1) is 7.11 Å². The Labute approximate surface area is 292 Å². The van der Waals surface area contributed by atoms with Crippen LogP contribution in [0.25, 0.3) is 0 Å². The van der Waals surface area contributed by atoms with Gasteiger partial charge in [-0.15, -0.1) is 0 Å². The zero-order valence-electron chi connectivity index (χ0n) is 29.4. The average Bonchev–Trinajstić information content (AvgIpc) is 3.43. The van der Waals surface area contributed by atoms with Gasteiger partial charge < -0.3 is 20.1 Å². The van der Waals surface area contributed by atoms with Crippen LogP contribution in [-0.2, 0) is 34.3 Å². The topological polar surface area (TPSA) is 111 Å². The van der Waals surface area contributed by atoms with Crippen molar-refractivity contribution < 1.29 is 28.7 Å². The third-order valence-corrected chi connectivity index (χ3v) is 7.76. The van der Waals surface area contributed by atoms with Gasteiger partial charge in [0.1, 0.15) is 6.04 Å². The van der Waals surface area contributed by atoms with E-state index >= 15 is 0 Å². The van der Waals surface area contributed by atoms with E-state index in [1.807, 2.05) is 30.4 Å². The largest absolute Gasteiger partial charge is 0.469 e. The quantitative estimate of drug-likeness (QED) is 0.0698. The van der Waals surface area contributed by atoms with E-state index in [9.17, 15) is 19.2 Å². The highest BCUT2D eigenvalue weighted by Crippen LogP contribution is 2.34. The molecular formula is C41H54N2O6. The molecule has 1 aromatic rings. The molecule has 8 heteroatoms. The van der Waals surface area contributed by atoms with Gasteiger partial charge in [-0.2, -0.15) is 0 Å². The second-order valence-corrected chi connectivity index (χ2v) is 11.7. The molecule has 1 aliphatic rings. The Hall–Kier alpha value is -4.72. The van der Waals surface area contributed by atoms with E-state index in [0.717, 1.165) is 38.5 Å². The molecule has 8 nitrogen and oxygen atoms in total. The molecule has 2 atom stereocenters. The molecule has 1 aromatic carbocycles. The van der Waals surface area contributed by atoms with Crippen molar-refractivity contribution in [2.24, 2.45) is 0 Å². The van der Waals surface area contributed by atoms with E-state index in [0.29, 0.717) is 37.8 Å². The highest BCUT2D eigenvalue weighted by Gasteiger charge is 2.43. The van der Waals surface area contributed by atoms with E-state index in [-0.39, 0.29) is 23.9 Å². The maximum atomic E-state index is 12.6. The molecule has 0 spiro atoms. The van der Waals surface area contributed by atoms with Crippen LogP contribution in [0, 0.1) is 0 Å². The number of methoxy groups -OCH3 is 1. The van der Waals surface area contributed by atoms with Crippen molar-refractivity contribution >= 4 is 23.6 Å². The lowest BCUT2D eigenvalue weighted by atomic mass is 9.92. The zero-order chi connectivity index (χ0) is 35.6. The van der Waals surface area contributed by atoms with Crippen molar-refractivity contribution in [1.82, 2.24) is 10.6 Å². The maximum absolute atomic E-state index is 12.6. The van der Waals surface area contributed by atoms with E-state index in [4.69, 9.17) is 9.47 Å². The Balaban J connectivity index is 1.58. The molecule has 1 heterocycles. The number of rotatable bonds is 23. The highest BCUT2D eigenvalue weighted by atomic mass is 16.5. The fourth-order valence-electron chi connectivity index (χ4n) is 4.90. The first-order valence-corrected chi connectivity index (χ1v) is 17.4. The Morgan fingerprint density at radius 1 is 0.816 bits per heavy atom. The van der Waals surface area contributed by atoms with E-state index in [1.54, 1.807) is 19.1 Å². The monoisotopic (exact) mass is 670 g/mol. The molecule has 0 saturated heterocycles. The Morgan fingerprint density at radius 2 is 1.37 bits per heavy atom. The van der Waals surface area contributed by atoms with Crippen molar-refractivity contribution in [3.63, 3.8) is 0 Å². The predicted molar refractivity (Wildman–Crippen MR) is 196 cm³/mol. The highest BCUT2D eigenvalue weighted by molar-refractivity contribution is 6.07. The summed E-state index contributed by atoms with van der Waals surface area (Å²) in [5.41, 5.74) is -0.557. The number of unbranched alkanes of at least 4 members (excludes halogenated alkanes) is 1. The Morgan fingerprint density at radius 3 is 1.92 bits per heavy atom. The van der Waals surface area contributed by atoms with Crippen LogP contribution in [0.1, 0.15) is 90.0 Å². The molecule has 0 bridgehead atoms. The lowest BCUT2D eigenvalue weighted by molar-refractivity contribution is -0.145. The number of esters is 1. The van der Waals surface area contributed by atoms with Crippen LogP contribution in [0.2, 0.25) is 0 Å². The van der Waals surface area contributed by atoms with Crippen molar-refractivity contribution in [3.05, 3.63) is 121 Å². The fraction of sp³-hybridized carbons (Fsp3) is 0.415. The molecule has 1 aliphatic heterocycles. The molecule has 2 rings (SSSR count). The standard InChI is InChI=1S/C41H54N2O6/c1-4-5-6-7-8-9-10-11-12-13-14-15-16-17-18-19-20-21-25-31-38(45)43-35(40(47)48-3)30-26-27-32-42-39(46)36-33-37(44)41(2,49-36)34-28-23-22-24-29-34/h5-6,8-9,11-12,14-15,17-18,20-24,28-29,33,35H,4,7,10,13,16,19,25-27,30-32H2,1-3H3,(H,42,46)(H,43,45)/b6-5-,9-8-,12-11-,15-14-,18-17-,21-20?. The summed E-state index contributed by atoms with van der Waals surface area (Å²) in [4.78, 5) is 49.9. The number of benzene rings is 1. The van der Waals surface area contributed by atoms with Crippen molar-refractivity contribution in [2.75, 3.05) is 13.7 Å². The molecule has 2 unspecified atom stereocenters. The lowest BCUT2D eigenvalue weighted by Crippen LogP contribution is -2.41. The number of nitrogens with one attached hydrogen (secondary N) is 2. The second kappa shape index (κ2) is 24.4. The minimum absolute atomic E-state index is 0.0250. The summed E-state index contributed by atoms with van der Waals surface area (Å²) in [5, 5.41) is 5.53. The second-order valence-electron chi connectivity index (χ2n) is 11.7. The number of ketones is 1. The smallest absolute Gasteiger partial charge is 0.328 e. The molecule has 0 aliphatic carbocycles. The number of ether oxygens (including phenoxy) is 2. The van der Waals surface area contributed by atoms with Crippen molar-refractivity contribution in [2.45, 2.75) is 96.1 Å². The molecule has 0 aromatic heterocycles. The van der Waals surface area contributed by atoms with Crippen LogP contribution in [0.4, 0.5) is 0 Å². The minimum atomic E-state index is -1.23. The van der Waals surface area contributed by atoms with Gasteiger partial charge in [0.25, 0.3) is 5.91 Å². The van der Waals surface area contributed by atoms with Crippen LogP contribution in [-0.4, -0.2) is 43.3 Å². The van der Waals surface area contributed by atoms with Gasteiger partial charge in [-0.05, 0) is 71.1 Å².